The molecule has 2 rings (SSSR count). The van der Waals surface area contributed by atoms with Gasteiger partial charge in [-0.25, -0.2) is 14.8 Å². The van der Waals surface area contributed by atoms with E-state index in [2.05, 4.69) is 15.3 Å². The molecule has 0 atom stereocenters. The summed E-state index contributed by atoms with van der Waals surface area (Å²) in [6.07, 6.45) is 2.21. The first-order valence-electron chi connectivity index (χ1n) is 7.10. The molecule has 0 unspecified atom stereocenters. The third-order valence-electron chi connectivity index (χ3n) is 3.05. The lowest BCUT2D eigenvalue weighted by Gasteiger charge is -2.11. The largest absolute Gasteiger partial charge is 0.462 e. The number of benzene rings is 1. The van der Waals surface area contributed by atoms with Gasteiger partial charge in [0, 0.05) is 17.8 Å². The van der Waals surface area contributed by atoms with Gasteiger partial charge in [-0.3, -0.25) is 0 Å². The summed E-state index contributed by atoms with van der Waals surface area (Å²) >= 11 is 6.13. The van der Waals surface area contributed by atoms with Gasteiger partial charge >= 0.3 is 5.97 Å². The standard InChI is InChI=1S/C16H18ClN3O2/c1-3-22-16(21)13-10-19-11(2)20-15(13)18-9-8-12-6-4-5-7-14(12)17/h4-7,10H,3,8-9H2,1-2H3,(H,18,19,20). The van der Waals surface area contributed by atoms with Gasteiger partial charge in [0.25, 0.3) is 0 Å². The van der Waals surface area contributed by atoms with E-state index in [1.54, 1.807) is 13.8 Å². The molecule has 5 nitrogen and oxygen atoms in total. The second kappa shape index (κ2) is 7.75. The summed E-state index contributed by atoms with van der Waals surface area (Å²) in [4.78, 5) is 20.2. The van der Waals surface area contributed by atoms with E-state index in [4.69, 9.17) is 16.3 Å². The summed E-state index contributed by atoms with van der Waals surface area (Å²) in [7, 11) is 0. The minimum atomic E-state index is -0.428. The Hall–Kier alpha value is -2.14. The normalized spacial score (nSPS) is 10.3. The highest BCUT2D eigenvalue weighted by Crippen LogP contribution is 2.17. The van der Waals surface area contributed by atoms with Crippen LogP contribution in [0.1, 0.15) is 28.7 Å². The predicted molar refractivity (Wildman–Crippen MR) is 86.4 cm³/mol. The third kappa shape index (κ3) is 4.18. The molecule has 0 aliphatic heterocycles. The van der Waals surface area contributed by atoms with Gasteiger partial charge in [0.1, 0.15) is 17.2 Å². The van der Waals surface area contributed by atoms with Gasteiger partial charge in [-0.15, -0.1) is 0 Å². The van der Waals surface area contributed by atoms with Gasteiger partial charge in [-0.2, -0.15) is 0 Å². The van der Waals surface area contributed by atoms with Crippen LogP contribution in [0, 0.1) is 6.92 Å². The summed E-state index contributed by atoms with van der Waals surface area (Å²) < 4.78 is 5.01. The van der Waals surface area contributed by atoms with E-state index in [9.17, 15) is 4.79 Å². The van der Waals surface area contributed by atoms with Gasteiger partial charge < -0.3 is 10.1 Å². The minimum Gasteiger partial charge on any atom is -0.462 e. The number of nitrogens with zero attached hydrogens (tertiary/aromatic N) is 2. The van der Waals surface area contributed by atoms with Crippen molar-refractivity contribution in [3.63, 3.8) is 0 Å². The van der Waals surface area contributed by atoms with Gasteiger partial charge in [0.2, 0.25) is 0 Å². The van der Waals surface area contributed by atoms with Crippen molar-refractivity contribution in [2.45, 2.75) is 20.3 Å². The Kier molecular flexibility index (Phi) is 5.72. The van der Waals surface area contributed by atoms with Crippen LogP contribution >= 0.6 is 11.6 Å². The molecule has 1 aromatic carbocycles. The Morgan fingerprint density at radius 3 is 2.86 bits per heavy atom. The van der Waals surface area contributed by atoms with Crippen LogP contribution in [0.15, 0.2) is 30.5 Å². The van der Waals surface area contributed by atoms with Crippen molar-refractivity contribution in [1.29, 1.82) is 0 Å². The van der Waals surface area contributed by atoms with E-state index in [-0.39, 0.29) is 0 Å². The van der Waals surface area contributed by atoms with Crippen LogP contribution in [0.5, 0.6) is 0 Å². The number of nitrogens with one attached hydrogen (secondary N) is 1. The number of hydrogen-bond acceptors (Lipinski definition) is 5. The Morgan fingerprint density at radius 1 is 1.36 bits per heavy atom. The highest BCUT2D eigenvalue weighted by Gasteiger charge is 2.14. The van der Waals surface area contributed by atoms with Crippen LogP contribution < -0.4 is 5.32 Å². The summed E-state index contributed by atoms with van der Waals surface area (Å²) in [6, 6.07) is 7.67. The molecule has 1 aromatic heterocycles. The molecular weight excluding hydrogens is 302 g/mol. The number of aryl methyl sites for hydroxylation is 1. The van der Waals surface area contributed by atoms with E-state index in [0.717, 1.165) is 17.0 Å². The molecule has 0 spiro atoms. The predicted octanol–water partition coefficient (Wildman–Crippen LogP) is 3.27. The molecule has 0 aliphatic rings. The Balaban J connectivity index is 2.07. The van der Waals surface area contributed by atoms with E-state index >= 15 is 0 Å². The van der Waals surface area contributed by atoms with Crippen LogP contribution in [0.25, 0.3) is 0 Å². The Morgan fingerprint density at radius 2 is 2.14 bits per heavy atom. The average Bonchev–Trinajstić information content (AvgIpc) is 2.49. The lowest BCUT2D eigenvalue weighted by Crippen LogP contribution is -2.14. The Labute approximate surface area is 134 Å². The average molecular weight is 320 g/mol. The molecular formula is C16H18ClN3O2. The zero-order valence-electron chi connectivity index (χ0n) is 12.6. The number of aromatic nitrogens is 2. The van der Waals surface area contributed by atoms with Crippen LogP contribution in [-0.4, -0.2) is 29.1 Å². The van der Waals surface area contributed by atoms with Crippen molar-refractivity contribution in [2.75, 3.05) is 18.5 Å². The first-order chi connectivity index (χ1) is 10.6. The lowest BCUT2D eigenvalue weighted by atomic mass is 10.1. The molecule has 0 saturated heterocycles. The van der Waals surface area contributed by atoms with E-state index in [0.29, 0.717) is 30.4 Å². The first-order valence-corrected chi connectivity index (χ1v) is 7.47. The molecule has 0 aliphatic carbocycles. The van der Waals surface area contributed by atoms with E-state index in [1.165, 1.54) is 6.20 Å². The van der Waals surface area contributed by atoms with Gasteiger partial charge in [0.05, 0.1) is 6.61 Å². The molecule has 0 fully saturated rings. The number of rotatable bonds is 6. The van der Waals surface area contributed by atoms with Gasteiger partial charge in [-0.1, -0.05) is 29.8 Å². The molecule has 2 aromatic rings. The third-order valence-corrected chi connectivity index (χ3v) is 3.42. The molecule has 1 heterocycles. The van der Waals surface area contributed by atoms with Crippen molar-refractivity contribution in [3.05, 3.63) is 52.4 Å². The van der Waals surface area contributed by atoms with Crippen molar-refractivity contribution in [2.24, 2.45) is 0 Å². The van der Waals surface area contributed by atoms with E-state index < -0.39 is 5.97 Å². The second-order valence-electron chi connectivity index (χ2n) is 4.67. The van der Waals surface area contributed by atoms with E-state index in [1.807, 2.05) is 24.3 Å². The highest BCUT2D eigenvalue weighted by atomic mass is 35.5. The van der Waals surface area contributed by atoms with Crippen LogP contribution in [-0.2, 0) is 11.2 Å². The van der Waals surface area contributed by atoms with Crippen molar-refractivity contribution < 1.29 is 9.53 Å². The molecule has 0 saturated carbocycles. The summed E-state index contributed by atoms with van der Waals surface area (Å²) in [5.41, 5.74) is 1.38. The molecule has 0 bridgehead atoms. The highest BCUT2D eigenvalue weighted by molar-refractivity contribution is 6.31. The number of hydrogen-bond donors (Lipinski definition) is 1. The van der Waals surface area contributed by atoms with Crippen molar-refractivity contribution in [3.8, 4) is 0 Å². The molecule has 1 N–H and O–H groups in total. The maximum Gasteiger partial charge on any atom is 0.343 e. The zero-order valence-corrected chi connectivity index (χ0v) is 13.4. The lowest BCUT2D eigenvalue weighted by molar-refractivity contribution is 0.0526. The fourth-order valence-corrected chi connectivity index (χ4v) is 2.21. The summed E-state index contributed by atoms with van der Waals surface area (Å²) in [6.45, 7) is 4.45. The smallest absolute Gasteiger partial charge is 0.343 e. The number of ether oxygens (including phenoxy) is 1. The van der Waals surface area contributed by atoms with Gasteiger partial charge in [-0.05, 0) is 31.9 Å². The fourth-order valence-electron chi connectivity index (χ4n) is 1.98. The Bertz CT molecular complexity index is 662. The fraction of sp³-hybridized carbons (Fsp3) is 0.312. The maximum atomic E-state index is 11.9. The van der Waals surface area contributed by atoms with Crippen LogP contribution in [0.4, 0.5) is 5.82 Å². The zero-order chi connectivity index (χ0) is 15.9. The SMILES string of the molecule is CCOC(=O)c1cnc(C)nc1NCCc1ccccc1Cl. The number of esters is 1. The van der Waals surface area contributed by atoms with Gasteiger partial charge in [0.15, 0.2) is 0 Å². The molecule has 116 valence electrons. The summed E-state index contributed by atoms with van der Waals surface area (Å²) in [5, 5.41) is 3.89. The first kappa shape index (κ1) is 16.2. The van der Waals surface area contributed by atoms with Crippen molar-refractivity contribution >= 4 is 23.4 Å². The van der Waals surface area contributed by atoms with Crippen LogP contribution in [0.2, 0.25) is 5.02 Å². The van der Waals surface area contributed by atoms with Crippen LogP contribution in [0.3, 0.4) is 0 Å². The monoisotopic (exact) mass is 319 g/mol. The number of anilines is 1. The quantitative estimate of drug-likeness (QED) is 0.828. The topological polar surface area (TPSA) is 64.1 Å². The minimum absolute atomic E-state index is 0.311. The second-order valence-corrected chi connectivity index (χ2v) is 5.08. The number of carbonyl (C=O) groups is 1. The molecule has 6 heteroatoms. The number of carbonyl (C=O) groups excluding carboxylic acids is 1. The maximum absolute atomic E-state index is 11.9. The molecule has 22 heavy (non-hydrogen) atoms. The summed E-state index contributed by atoms with van der Waals surface area (Å²) in [5.74, 6) is 0.647. The number of halogens is 1. The molecule has 0 amide bonds. The van der Waals surface area contributed by atoms with Crippen molar-refractivity contribution in [1.82, 2.24) is 9.97 Å². The molecule has 0 radical (unpaired) electrons.